The molecule has 0 aliphatic rings. The van der Waals surface area contributed by atoms with Crippen LogP contribution in [0.1, 0.15) is 10.4 Å². The monoisotopic (exact) mass is 226 g/mol. The number of hydrogen-bond donors (Lipinski definition) is 0. The van der Waals surface area contributed by atoms with Gasteiger partial charge in [-0.15, -0.1) is 0 Å². The van der Waals surface area contributed by atoms with Gasteiger partial charge >= 0.3 is 5.97 Å². The van der Waals surface area contributed by atoms with Gasteiger partial charge in [-0.05, 0) is 6.07 Å². The van der Waals surface area contributed by atoms with Crippen LogP contribution in [-0.4, -0.2) is 22.9 Å². The Bertz CT molecular complexity index is 437. The lowest BCUT2D eigenvalue weighted by molar-refractivity contribution is -0.394. The second-order valence-electron chi connectivity index (χ2n) is 2.68. The van der Waals surface area contributed by atoms with Crippen LogP contribution in [0.15, 0.2) is 18.2 Å². The Morgan fingerprint density at radius 3 is 1.94 bits per heavy atom. The third-order valence-corrected chi connectivity index (χ3v) is 1.80. The highest BCUT2D eigenvalue weighted by molar-refractivity contribution is 5.98. The molecule has 0 radical (unpaired) electrons. The van der Waals surface area contributed by atoms with E-state index in [1.807, 2.05) is 0 Å². The summed E-state index contributed by atoms with van der Waals surface area (Å²) in [6.45, 7) is 0. The summed E-state index contributed by atoms with van der Waals surface area (Å²) in [5.41, 5.74) is -1.96. The number of benzene rings is 1. The van der Waals surface area contributed by atoms with Crippen molar-refractivity contribution >= 4 is 17.3 Å². The van der Waals surface area contributed by atoms with E-state index in [4.69, 9.17) is 0 Å². The first-order chi connectivity index (χ1) is 7.49. The highest BCUT2D eigenvalue weighted by Gasteiger charge is 2.30. The van der Waals surface area contributed by atoms with Gasteiger partial charge in [-0.3, -0.25) is 20.2 Å². The average molecular weight is 226 g/mol. The van der Waals surface area contributed by atoms with Crippen LogP contribution in [0.5, 0.6) is 0 Å². The van der Waals surface area contributed by atoms with Crippen LogP contribution in [0.25, 0.3) is 0 Å². The van der Waals surface area contributed by atoms with Gasteiger partial charge in [0.25, 0.3) is 11.4 Å². The molecule has 0 atom stereocenters. The summed E-state index contributed by atoms with van der Waals surface area (Å²) < 4.78 is 4.27. The topological polar surface area (TPSA) is 113 Å². The molecular weight excluding hydrogens is 220 g/mol. The zero-order valence-electron chi connectivity index (χ0n) is 8.08. The Morgan fingerprint density at radius 1 is 1.19 bits per heavy atom. The Balaban J connectivity index is 3.53. The number of ether oxygens (including phenoxy) is 1. The molecule has 0 aliphatic heterocycles. The quantitative estimate of drug-likeness (QED) is 0.436. The molecule has 8 nitrogen and oxygen atoms in total. The van der Waals surface area contributed by atoms with E-state index >= 15 is 0 Å². The van der Waals surface area contributed by atoms with Crippen molar-refractivity contribution in [1.29, 1.82) is 0 Å². The zero-order valence-corrected chi connectivity index (χ0v) is 8.08. The summed E-state index contributed by atoms with van der Waals surface area (Å²) in [6, 6.07) is 3.13. The van der Waals surface area contributed by atoms with Gasteiger partial charge < -0.3 is 4.74 Å². The lowest BCUT2D eigenvalue weighted by atomic mass is 10.1. The number of hydrogen-bond acceptors (Lipinski definition) is 6. The van der Waals surface area contributed by atoms with Gasteiger partial charge in [0, 0.05) is 12.1 Å². The number of carbonyl (C=O) groups excluding carboxylic acids is 1. The fraction of sp³-hybridized carbons (Fsp3) is 0.125. The maximum atomic E-state index is 11.2. The van der Waals surface area contributed by atoms with Crippen molar-refractivity contribution in [3.8, 4) is 0 Å². The molecule has 0 unspecified atom stereocenters. The number of carbonyl (C=O) groups is 1. The molecule has 84 valence electrons. The summed E-state index contributed by atoms with van der Waals surface area (Å²) in [5, 5.41) is 21.2. The van der Waals surface area contributed by atoms with Crippen molar-refractivity contribution in [3.63, 3.8) is 0 Å². The molecule has 0 N–H and O–H groups in total. The Labute approximate surface area is 88.7 Å². The number of nitro benzene ring substituents is 2. The number of rotatable bonds is 3. The molecule has 8 heteroatoms. The predicted molar refractivity (Wildman–Crippen MR) is 51.1 cm³/mol. The van der Waals surface area contributed by atoms with Gasteiger partial charge in [-0.1, -0.05) is 0 Å². The maximum absolute atomic E-state index is 11.2. The summed E-state index contributed by atoms with van der Waals surface area (Å²) in [6.07, 6.45) is 0. The Hall–Kier alpha value is -2.51. The molecular formula is C8H6N2O6. The summed E-state index contributed by atoms with van der Waals surface area (Å²) in [7, 11) is 0.989. The van der Waals surface area contributed by atoms with Crippen LogP contribution in [-0.2, 0) is 4.74 Å². The normalized spacial score (nSPS) is 9.56. The molecule has 0 saturated carbocycles. The van der Waals surface area contributed by atoms with E-state index in [1.165, 1.54) is 0 Å². The first kappa shape index (κ1) is 11.6. The first-order valence-electron chi connectivity index (χ1n) is 3.99. The fourth-order valence-corrected chi connectivity index (χ4v) is 1.14. The summed E-state index contributed by atoms with van der Waals surface area (Å²) >= 11 is 0. The van der Waals surface area contributed by atoms with E-state index in [0.29, 0.717) is 0 Å². The van der Waals surface area contributed by atoms with E-state index in [1.54, 1.807) is 0 Å². The van der Waals surface area contributed by atoms with Crippen molar-refractivity contribution < 1.29 is 19.4 Å². The minimum atomic E-state index is -1.11. The van der Waals surface area contributed by atoms with Crippen LogP contribution in [0.4, 0.5) is 11.4 Å². The number of nitro groups is 2. The lowest BCUT2D eigenvalue weighted by Gasteiger charge is -2.01. The minimum absolute atomic E-state index is 0.652. The SMILES string of the molecule is COC(=O)c1c([N+](=O)[O-])cccc1[N+](=O)[O-]. The van der Waals surface area contributed by atoms with Gasteiger partial charge in [0.1, 0.15) is 0 Å². The van der Waals surface area contributed by atoms with Crippen LogP contribution in [0.2, 0.25) is 0 Å². The highest BCUT2D eigenvalue weighted by Crippen LogP contribution is 2.28. The molecule has 0 amide bonds. The molecule has 0 bridgehead atoms. The van der Waals surface area contributed by atoms with E-state index < -0.39 is 32.8 Å². The number of methoxy groups -OCH3 is 1. The third kappa shape index (κ3) is 1.95. The largest absolute Gasteiger partial charge is 0.465 e. The fourth-order valence-electron chi connectivity index (χ4n) is 1.14. The van der Waals surface area contributed by atoms with Gasteiger partial charge in [0.05, 0.1) is 17.0 Å². The lowest BCUT2D eigenvalue weighted by Crippen LogP contribution is -2.09. The zero-order chi connectivity index (χ0) is 12.3. The van der Waals surface area contributed by atoms with Crippen molar-refractivity contribution in [3.05, 3.63) is 44.0 Å². The molecule has 1 aromatic carbocycles. The van der Waals surface area contributed by atoms with Crippen molar-refractivity contribution in [1.82, 2.24) is 0 Å². The Morgan fingerprint density at radius 2 is 1.62 bits per heavy atom. The van der Waals surface area contributed by atoms with Gasteiger partial charge in [-0.2, -0.15) is 0 Å². The van der Waals surface area contributed by atoms with Crippen LogP contribution in [0.3, 0.4) is 0 Å². The second-order valence-corrected chi connectivity index (χ2v) is 2.68. The molecule has 0 saturated heterocycles. The van der Waals surface area contributed by atoms with Crippen LogP contribution in [0, 0.1) is 20.2 Å². The van der Waals surface area contributed by atoms with E-state index in [0.717, 1.165) is 25.3 Å². The van der Waals surface area contributed by atoms with Gasteiger partial charge in [-0.25, -0.2) is 4.79 Å². The van der Waals surface area contributed by atoms with Crippen molar-refractivity contribution in [2.24, 2.45) is 0 Å². The van der Waals surface area contributed by atoms with E-state index in [2.05, 4.69) is 4.74 Å². The molecule has 16 heavy (non-hydrogen) atoms. The molecule has 0 aromatic heterocycles. The van der Waals surface area contributed by atoms with E-state index in [-0.39, 0.29) is 0 Å². The first-order valence-corrected chi connectivity index (χ1v) is 3.99. The number of esters is 1. The minimum Gasteiger partial charge on any atom is -0.465 e. The third-order valence-electron chi connectivity index (χ3n) is 1.80. The second kappa shape index (κ2) is 4.34. The maximum Gasteiger partial charge on any atom is 0.352 e. The predicted octanol–water partition coefficient (Wildman–Crippen LogP) is 1.29. The molecule has 0 aliphatic carbocycles. The smallest absolute Gasteiger partial charge is 0.352 e. The van der Waals surface area contributed by atoms with E-state index in [9.17, 15) is 25.0 Å². The molecule has 0 heterocycles. The summed E-state index contributed by atoms with van der Waals surface area (Å²) in [4.78, 5) is 30.7. The highest BCUT2D eigenvalue weighted by atomic mass is 16.6. The molecule has 1 aromatic rings. The van der Waals surface area contributed by atoms with Crippen molar-refractivity contribution in [2.75, 3.05) is 7.11 Å². The molecule has 0 spiro atoms. The van der Waals surface area contributed by atoms with Gasteiger partial charge in [0.2, 0.25) is 5.56 Å². The van der Waals surface area contributed by atoms with Crippen LogP contribution < -0.4 is 0 Å². The summed E-state index contributed by atoms with van der Waals surface area (Å²) in [5.74, 6) is -1.11. The van der Waals surface area contributed by atoms with Crippen molar-refractivity contribution in [2.45, 2.75) is 0 Å². The Kier molecular flexibility index (Phi) is 3.14. The standard InChI is InChI=1S/C8H6N2O6/c1-16-8(11)7-5(9(12)13)3-2-4-6(7)10(14)15/h2-4H,1H3. The number of nitrogens with zero attached hydrogens (tertiary/aromatic N) is 2. The molecule has 1 rings (SSSR count). The molecule has 0 fully saturated rings. The van der Waals surface area contributed by atoms with Gasteiger partial charge in [0.15, 0.2) is 0 Å². The van der Waals surface area contributed by atoms with Crippen LogP contribution >= 0.6 is 0 Å². The average Bonchev–Trinajstić information content (AvgIpc) is 2.26.